The van der Waals surface area contributed by atoms with Crippen LogP contribution in [-0.4, -0.2) is 39.5 Å². The van der Waals surface area contributed by atoms with Crippen molar-refractivity contribution in [2.45, 2.75) is 44.8 Å². The first kappa shape index (κ1) is 19.2. The molecule has 3 atom stereocenters. The summed E-state index contributed by atoms with van der Waals surface area (Å²) in [5.74, 6) is -1.34. The molecular formula is C15H22F3NO4S. The molecule has 1 saturated carbocycles. The van der Waals surface area contributed by atoms with Crippen LogP contribution < -0.4 is 4.72 Å². The predicted octanol–water partition coefficient (Wildman–Crippen LogP) is 2.39. The van der Waals surface area contributed by atoms with Crippen molar-refractivity contribution in [1.29, 1.82) is 0 Å². The Balaban J connectivity index is 2.46. The Bertz CT molecular complexity index is 669. The van der Waals surface area contributed by atoms with Crippen molar-refractivity contribution in [2.24, 2.45) is 17.3 Å². The molecule has 5 nitrogen and oxygen atoms in total. The lowest BCUT2D eigenvalue weighted by Crippen LogP contribution is -2.65. The fourth-order valence-corrected chi connectivity index (χ4v) is 4.80. The molecule has 0 spiro atoms. The molecule has 0 aromatic carbocycles. The molecule has 1 fully saturated rings. The minimum Gasteiger partial charge on any atom is -0.467 e. The predicted molar refractivity (Wildman–Crippen MR) is 81.5 cm³/mol. The molecule has 0 saturated heterocycles. The van der Waals surface area contributed by atoms with Gasteiger partial charge in [0, 0.05) is 6.42 Å². The number of rotatable bonds is 5. The van der Waals surface area contributed by atoms with Crippen molar-refractivity contribution in [3.8, 4) is 0 Å². The Kier molecular flexibility index (Phi) is 4.59. The number of carbonyl (C=O) groups excluding carboxylic acids is 1. The van der Waals surface area contributed by atoms with Gasteiger partial charge in [-0.3, -0.25) is 0 Å². The van der Waals surface area contributed by atoms with Gasteiger partial charge in [-0.1, -0.05) is 25.5 Å². The van der Waals surface area contributed by atoms with Gasteiger partial charge in [0.05, 0.1) is 13.4 Å². The number of carbonyl (C=O) groups is 1. The number of allylic oxidation sites excluding steroid dienone is 1. The maximum Gasteiger partial charge on any atom is 0.418 e. The van der Waals surface area contributed by atoms with E-state index in [9.17, 15) is 26.4 Å². The fraction of sp³-hybridized carbons (Fsp3) is 0.800. The Morgan fingerprint density at radius 3 is 2.38 bits per heavy atom. The van der Waals surface area contributed by atoms with Crippen molar-refractivity contribution in [3.05, 3.63) is 11.6 Å². The molecule has 24 heavy (non-hydrogen) atoms. The summed E-state index contributed by atoms with van der Waals surface area (Å²) in [6.07, 6.45) is -2.21. The monoisotopic (exact) mass is 369 g/mol. The van der Waals surface area contributed by atoms with Crippen LogP contribution in [0.3, 0.4) is 0 Å². The normalized spacial score (nSPS) is 28.4. The zero-order valence-corrected chi connectivity index (χ0v) is 14.8. The van der Waals surface area contributed by atoms with Crippen LogP contribution in [0, 0.1) is 17.3 Å². The van der Waals surface area contributed by atoms with E-state index < -0.39 is 34.1 Å². The Morgan fingerprint density at radius 1 is 1.42 bits per heavy atom. The van der Waals surface area contributed by atoms with Crippen LogP contribution in [0.25, 0.3) is 0 Å². The lowest BCUT2D eigenvalue weighted by atomic mass is 9.48. The van der Waals surface area contributed by atoms with Gasteiger partial charge >= 0.3 is 12.1 Å². The van der Waals surface area contributed by atoms with Gasteiger partial charge in [-0.15, -0.1) is 0 Å². The van der Waals surface area contributed by atoms with E-state index in [2.05, 4.69) is 4.74 Å². The lowest BCUT2D eigenvalue weighted by molar-refractivity contribution is -0.208. The number of fused-ring (bicyclic) bond motifs is 1. The zero-order valence-electron chi connectivity index (χ0n) is 14.0. The molecule has 0 radical (unpaired) electrons. The van der Waals surface area contributed by atoms with Gasteiger partial charge in [0.15, 0.2) is 0 Å². The van der Waals surface area contributed by atoms with E-state index in [-0.39, 0.29) is 11.3 Å². The Labute approximate surface area is 139 Å². The minimum atomic E-state index is -5.13. The fourth-order valence-electron chi connectivity index (χ4n) is 3.90. The van der Waals surface area contributed by atoms with E-state index in [1.807, 2.05) is 13.8 Å². The molecule has 0 heterocycles. The largest absolute Gasteiger partial charge is 0.467 e. The van der Waals surface area contributed by atoms with Crippen LogP contribution in [-0.2, 0) is 19.6 Å². The van der Waals surface area contributed by atoms with E-state index in [1.165, 1.54) is 4.72 Å². The third kappa shape index (κ3) is 3.08. The minimum absolute atomic E-state index is 0.0935. The molecular weight excluding hydrogens is 347 g/mol. The lowest BCUT2D eigenvalue weighted by Gasteiger charge is -2.57. The molecule has 3 rings (SSSR count). The highest BCUT2D eigenvalue weighted by Crippen LogP contribution is 2.60. The summed E-state index contributed by atoms with van der Waals surface area (Å²) in [7, 11) is -3.49. The molecule has 0 aliphatic heterocycles. The molecule has 2 bridgehead atoms. The van der Waals surface area contributed by atoms with Crippen LogP contribution in [0.1, 0.15) is 33.1 Å². The number of halogens is 3. The molecule has 3 aliphatic carbocycles. The summed E-state index contributed by atoms with van der Waals surface area (Å²) >= 11 is 0. The molecule has 0 unspecified atom stereocenters. The number of sulfonamides is 1. The SMILES string of the molecule is COC(=O)[C@](CC1=CC[C@H]2C[C@H]1C2(C)C)(NS(C)(=O)=O)C(F)(F)F. The van der Waals surface area contributed by atoms with Gasteiger partial charge in [-0.25, -0.2) is 13.2 Å². The van der Waals surface area contributed by atoms with Gasteiger partial charge in [-0.2, -0.15) is 17.9 Å². The highest BCUT2D eigenvalue weighted by molar-refractivity contribution is 7.88. The summed E-state index contributed by atoms with van der Waals surface area (Å²) in [5.41, 5.74) is -3.00. The first-order valence-corrected chi connectivity index (χ1v) is 9.47. The van der Waals surface area contributed by atoms with Crippen LogP contribution >= 0.6 is 0 Å². The third-order valence-electron chi connectivity index (χ3n) is 5.43. The summed E-state index contributed by atoms with van der Waals surface area (Å²) < 4.78 is 70.2. The molecule has 9 heteroatoms. The third-order valence-corrected chi connectivity index (χ3v) is 6.15. The average molecular weight is 369 g/mol. The van der Waals surface area contributed by atoms with Gasteiger partial charge in [0.2, 0.25) is 15.6 Å². The maximum absolute atomic E-state index is 13.8. The van der Waals surface area contributed by atoms with Gasteiger partial charge in [0.25, 0.3) is 0 Å². The standard InChI is InChI=1S/C15H22F3NO4S/c1-13(2)10-6-5-9(11(13)7-10)8-14(12(20)23-3,15(16,17)18)19-24(4,21)22/h5,10-11,19H,6-8H2,1-4H3/t10-,11+,14-/m0/s1. The topological polar surface area (TPSA) is 72.5 Å². The Hall–Kier alpha value is -1.09. The number of methoxy groups -OCH3 is 1. The second kappa shape index (κ2) is 5.72. The summed E-state index contributed by atoms with van der Waals surface area (Å²) in [6, 6.07) is 0. The second-order valence-electron chi connectivity index (χ2n) is 7.27. The number of alkyl halides is 3. The quantitative estimate of drug-likeness (QED) is 0.597. The number of esters is 1. The maximum atomic E-state index is 13.8. The van der Waals surface area contributed by atoms with Crippen molar-refractivity contribution < 1.29 is 31.1 Å². The summed E-state index contributed by atoms with van der Waals surface area (Å²) in [4.78, 5) is 12.0. The molecule has 0 amide bonds. The number of hydrogen-bond donors (Lipinski definition) is 1. The number of hydrogen-bond acceptors (Lipinski definition) is 4. The van der Waals surface area contributed by atoms with Gasteiger partial charge < -0.3 is 4.74 Å². The number of nitrogens with one attached hydrogen (secondary N) is 1. The number of ether oxygens (including phenoxy) is 1. The molecule has 0 aromatic heterocycles. The van der Waals surface area contributed by atoms with Crippen LogP contribution in [0.5, 0.6) is 0 Å². The zero-order chi connectivity index (χ0) is 18.6. The molecule has 1 N–H and O–H groups in total. The van der Waals surface area contributed by atoms with E-state index in [4.69, 9.17) is 0 Å². The highest BCUT2D eigenvalue weighted by Gasteiger charge is 2.65. The summed E-state index contributed by atoms with van der Waals surface area (Å²) in [5, 5.41) is 0. The van der Waals surface area contributed by atoms with Crippen LogP contribution in [0.4, 0.5) is 13.2 Å². The van der Waals surface area contributed by atoms with Gasteiger partial charge in [0.1, 0.15) is 0 Å². The molecule has 138 valence electrons. The first-order chi connectivity index (χ1) is 10.7. The van der Waals surface area contributed by atoms with E-state index in [0.29, 0.717) is 24.2 Å². The Morgan fingerprint density at radius 2 is 2.00 bits per heavy atom. The van der Waals surface area contributed by atoms with E-state index in [0.717, 1.165) is 13.5 Å². The van der Waals surface area contributed by atoms with Crippen LogP contribution in [0.2, 0.25) is 0 Å². The smallest absolute Gasteiger partial charge is 0.418 e. The summed E-state index contributed by atoms with van der Waals surface area (Å²) in [6.45, 7) is 3.96. The van der Waals surface area contributed by atoms with Gasteiger partial charge in [-0.05, 0) is 30.1 Å². The highest BCUT2D eigenvalue weighted by atomic mass is 32.2. The second-order valence-corrected chi connectivity index (χ2v) is 9.02. The van der Waals surface area contributed by atoms with E-state index >= 15 is 0 Å². The molecule has 3 aliphatic rings. The van der Waals surface area contributed by atoms with Crippen molar-refractivity contribution in [3.63, 3.8) is 0 Å². The van der Waals surface area contributed by atoms with Crippen molar-refractivity contribution in [1.82, 2.24) is 4.72 Å². The van der Waals surface area contributed by atoms with Crippen LogP contribution in [0.15, 0.2) is 11.6 Å². The van der Waals surface area contributed by atoms with Crippen molar-refractivity contribution >= 4 is 16.0 Å². The van der Waals surface area contributed by atoms with E-state index in [1.54, 1.807) is 6.08 Å². The first-order valence-electron chi connectivity index (χ1n) is 7.57. The van der Waals surface area contributed by atoms with Crippen molar-refractivity contribution in [2.75, 3.05) is 13.4 Å². The molecule has 0 aromatic rings. The average Bonchev–Trinajstić information content (AvgIpc) is 2.42.